The summed E-state index contributed by atoms with van der Waals surface area (Å²) >= 11 is 3.21. The molecule has 5 heteroatoms. The van der Waals surface area contributed by atoms with Crippen molar-refractivity contribution < 1.29 is 18.7 Å². The van der Waals surface area contributed by atoms with E-state index in [1.54, 1.807) is 12.1 Å². The fraction of sp³-hybridized carbons (Fsp3) is 0.0714. The lowest BCUT2D eigenvalue weighted by Crippen LogP contribution is -2.15. The molecule has 0 aliphatic rings. The molecule has 0 aliphatic heterocycles. The molecule has 19 heavy (non-hydrogen) atoms. The molecule has 1 N–H and O–H groups in total. The third kappa shape index (κ3) is 2.88. The lowest BCUT2D eigenvalue weighted by Gasteiger charge is -2.12. The maximum atomic E-state index is 13.5. The maximum Gasteiger partial charge on any atom is 0.196 e. The number of hydrogen-bond donors (Lipinski definition) is 1. The Morgan fingerprint density at radius 2 is 1.58 bits per heavy atom. The Bertz CT molecular complexity index is 591. The molecular weight excluding hydrogens is 318 g/mol. The first-order valence-corrected chi connectivity index (χ1v) is 6.22. The topological polar surface area (TPSA) is 37.3 Å². The van der Waals surface area contributed by atoms with E-state index < -0.39 is 29.1 Å². The van der Waals surface area contributed by atoms with E-state index >= 15 is 0 Å². The summed E-state index contributed by atoms with van der Waals surface area (Å²) in [6.45, 7) is 0. The molecule has 0 aliphatic carbocycles. The van der Waals surface area contributed by atoms with Gasteiger partial charge in [0.05, 0.1) is 5.56 Å². The van der Waals surface area contributed by atoms with E-state index in [9.17, 15) is 18.7 Å². The number of carbonyl (C=O) groups excluding carboxylic acids is 1. The van der Waals surface area contributed by atoms with Gasteiger partial charge in [0.25, 0.3) is 0 Å². The predicted octanol–water partition coefficient (Wildman–Crippen LogP) is 3.64. The fourth-order valence-corrected chi connectivity index (χ4v) is 1.94. The predicted molar refractivity (Wildman–Crippen MR) is 69.8 cm³/mol. The van der Waals surface area contributed by atoms with Crippen LogP contribution in [0.3, 0.4) is 0 Å². The van der Waals surface area contributed by atoms with E-state index in [4.69, 9.17) is 0 Å². The van der Waals surface area contributed by atoms with Gasteiger partial charge in [-0.1, -0.05) is 34.1 Å². The van der Waals surface area contributed by atoms with E-state index in [0.717, 1.165) is 16.6 Å². The zero-order valence-electron chi connectivity index (χ0n) is 9.61. The summed E-state index contributed by atoms with van der Waals surface area (Å²) in [6.07, 6.45) is -1.86. The Labute approximate surface area is 116 Å². The second-order valence-electron chi connectivity index (χ2n) is 3.91. The van der Waals surface area contributed by atoms with Gasteiger partial charge in [-0.3, -0.25) is 4.79 Å². The van der Waals surface area contributed by atoms with Crippen molar-refractivity contribution in [2.75, 3.05) is 0 Å². The lowest BCUT2D eigenvalue weighted by molar-refractivity contribution is 0.0732. The van der Waals surface area contributed by atoms with Crippen LogP contribution in [0, 0.1) is 11.6 Å². The smallest absolute Gasteiger partial charge is 0.196 e. The van der Waals surface area contributed by atoms with Gasteiger partial charge < -0.3 is 5.11 Å². The maximum absolute atomic E-state index is 13.5. The van der Waals surface area contributed by atoms with Crippen molar-refractivity contribution in [2.24, 2.45) is 0 Å². The average Bonchev–Trinajstić information content (AvgIpc) is 2.38. The van der Waals surface area contributed by atoms with E-state index in [0.29, 0.717) is 0 Å². The molecule has 2 nitrogen and oxygen atoms in total. The first-order chi connectivity index (χ1) is 9.00. The molecule has 0 saturated carbocycles. The molecule has 2 aromatic carbocycles. The first kappa shape index (κ1) is 13.8. The van der Waals surface area contributed by atoms with Gasteiger partial charge >= 0.3 is 0 Å². The third-order valence-electron chi connectivity index (χ3n) is 2.65. The number of aliphatic hydroxyl groups is 1. The van der Waals surface area contributed by atoms with E-state index in [-0.39, 0.29) is 5.56 Å². The highest BCUT2D eigenvalue weighted by atomic mass is 79.9. The van der Waals surface area contributed by atoms with Gasteiger partial charge in [0.15, 0.2) is 5.78 Å². The highest BCUT2D eigenvalue weighted by molar-refractivity contribution is 9.10. The fourth-order valence-electron chi connectivity index (χ4n) is 1.68. The van der Waals surface area contributed by atoms with Crippen LogP contribution in [0.5, 0.6) is 0 Å². The van der Waals surface area contributed by atoms with Crippen molar-refractivity contribution >= 4 is 21.7 Å². The Hall–Kier alpha value is -1.59. The first-order valence-electron chi connectivity index (χ1n) is 5.42. The molecule has 1 atom stereocenters. The minimum atomic E-state index is -1.86. The van der Waals surface area contributed by atoms with E-state index in [1.165, 1.54) is 18.2 Å². The van der Waals surface area contributed by atoms with Gasteiger partial charge in [-0.2, -0.15) is 0 Å². The molecule has 0 fully saturated rings. The van der Waals surface area contributed by atoms with Crippen LogP contribution in [0.1, 0.15) is 22.0 Å². The largest absolute Gasteiger partial charge is 0.380 e. The second kappa shape index (κ2) is 5.59. The normalized spacial score (nSPS) is 12.2. The van der Waals surface area contributed by atoms with Gasteiger partial charge in [-0.05, 0) is 24.3 Å². The van der Waals surface area contributed by atoms with Gasteiger partial charge in [0, 0.05) is 10.0 Å². The van der Waals surface area contributed by atoms with Crippen molar-refractivity contribution in [1.29, 1.82) is 0 Å². The Morgan fingerprint density at radius 3 is 2.11 bits per heavy atom. The summed E-state index contributed by atoms with van der Waals surface area (Å²) < 4.78 is 27.7. The van der Waals surface area contributed by atoms with Crippen LogP contribution in [0.15, 0.2) is 46.9 Å². The van der Waals surface area contributed by atoms with E-state index in [1.807, 2.05) is 0 Å². The van der Waals surface area contributed by atoms with Crippen molar-refractivity contribution in [3.63, 3.8) is 0 Å². The van der Waals surface area contributed by atoms with Gasteiger partial charge in [0.1, 0.15) is 17.7 Å². The Morgan fingerprint density at radius 1 is 1.05 bits per heavy atom. The Kier molecular flexibility index (Phi) is 4.07. The number of halogens is 3. The second-order valence-corrected chi connectivity index (χ2v) is 4.82. The molecule has 0 heterocycles. The molecule has 0 radical (unpaired) electrons. The monoisotopic (exact) mass is 326 g/mol. The summed E-state index contributed by atoms with van der Waals surface area (Å²) in [5.74, 6) is -2.65. The van der Waals surface area contributed by atoms with Crippen LogP contribution in [0.25, 0.3) is 0 Å². The molecule has 2 aromatic rings. The zero-order chi connectivity index (χ0) is 14.0. The van der Waals surface area contributed by atoms with Crippen LogP contribution >= 0.6 is 15.9 Å². The van der Waals surface area contributed by atoms with Crippen molar-refractivity contribution in [1.82, 2.24) is 0 Å². The third-order valence-corrected chi connectivity index (χ3v) is 3.18. The number of aliphatic hydroxyl groups excluding tert-OH is 1. The molecule has 98 valence electrons. The van der Waals surface area contributed by atoms with Crippen molar-refractivity contribution in [2.45, 2.75) is 6.10 Å². The van der Waals surface area contributed by atoms with Crippen LogP contribution < -0.4 is 0 Å². The van der Waals surface area contributed by atoms with Crippen LogP contribution in [-0.4, -0.2) is 10.9 Å². The van der Waals surface area contributed by atoms with Gasteiger partial charge in [-0.25, -0.2) is 8.78 Å². The molecule has 0 unspecified atom stereocenters. The van der Waals surface area contributed by atoms with E-state index in [2.05, 4.69) is 15.9 Å². The molecule has 0 aromatic heterocycles. The number of carbonyl (C=O) groups is 1. The zero-order valence-corrected chi connectivity index (χ0v) is 11.2. The summed E-state index contributed by atoms with van der Waals surface area (Å²) in [4.78, 5) is 12.0. The SMILES string of the molecule is O=C(c1ccc(Br)cc1)[C@H](O)c1c(F)cccc1F. The van der Waals surface area contributed by atoms with Gasteiger partial charge in [0.2, 0.25) is 0 Å². The molecule has 0 amide bonds. The van der Waals surface area contributed by atoms with Crippen molar-refractivity contribution in [3.05, 3.63) is 69.7 Å². The number of benzene rings is 2. The van der Waals surface area contributed by atoms with Crippen LogP contribution in [0.4, 0.5) is 8.78 Å². The van der Waals surface area contributed by atoms with Gasteiger partial charge in [-0.15, -0.1) is 0 Å². The molecule has 2 rings (SSSR count). The molecule has 0 spiro atoms. The summed E-state index contributed by atoms with van der Waals surface area (Å²) in [5, 5.41) is 9.83. The molecule has 0 saturated heterocycles. The van der Waals surface area contributed by atoms with Crippen LogP contribution in [0.2, 0.25) is 0 Å². The molecular formula is C14H9BrF2O2. The minimum Gasteiger partial charge on any atom is -0.380 e. The number of Topliss-reactive ketones (excluding diaryl/α,β-unsaturated/α-hetero) is 1. The minimum absolute atomic E-state index is 0.179. The Balaban J connectivity index is 2.36. The number of ketones is 1. The quantitative estimate of drug-likeness (QED) is 0.874. The standard InChI is InChI=1S/C14H9BrF2O2/c15-9-6-4-8(5-7-9)13(18)14(19)12-10(16)2-1-3-11(12)17/h1-7,14,19H/t14-/m1/s1. The average molecular weight is 327 g/mol. The number of hydrogen-bond acceptors (Lipinski definition) is 2. The summed E-state index contributed by atoms with van der Waals surface area (Å²) in [6, 6.07) is 9.32. The lowest BCUT2D eigenvalue weighted by atomic mass is 9.99. The van der Waals surface area contributed by atoms with Crippen LogP contribution in [-0.2, 0) is 0 Å². The molecule has 0 bridgehead atoms. The number of rotatable bonds is 3. The summed E-state index contributed by atoms with van der Waals surface area (Å²) in [7, 11) is 0. The summed E-state index contributed by atoms with van der Waals surface area (Å²) in [5.41, 5.74) is -0.450. The highest BCUT2D eigenvalue weighted by Crippen LogP contribution is 2.24. The highest BCUT2D eigenvalue weighted by Gasteiger charge is 2.25. The van der Waals surface area contributed by atoms with Crippen molar-refractivity contribution in [3.8, 4) is 0 Å².